The molecule has 0 radical (unpaired) electrons. The predicted octanol–water partition coefficient (Wildman–Crippen LogP) is 2.12. The SMILES string of the molecule is COCCN1CN(C(=O)C(=O)c2cccs2)n2cc(C(=O)CCc3ccc(F)cc3F)c(=O)c(O)c2C1=O. The lowest BCUT2D eigenvalue weighted by Crippen LogP contribution is -2.58. The van der Waals surface area contributed by atoms with E-state index in [1.54, 1.807) is 11.4 Å². The van der Waals surface area contributed by atoms with E-state index < -0.39 is 70.5 Å². The number of hydrogen-bond acceptors (Lipinski definition) is 8. The van der Waals surface area contributed by atoms with E-state index >= 15 is 0 Å². The van der Waals surface area contributed by atoms with E-state index in [-0.39, 0.29) is 30.0 Å². The third-order valence-electron chi connectivity index (χ3n) is 5.89. The molecule has 3 aromatic rings. The third kappa shape index (κ3) is 5.10. The lowest BCUT2D eigenvalue weighted by atomic mass is 10.0. The third-order valence-corrected chi connectivity index (χ3v) is 6.76. The van der Waals surface area contributed by atoms with Crippen LogP contribution < -0.4 is 10.4 Å². The van der Waals surface area contributed by atoms with E-state index in [4.69, 9.17) is 4.74 Å². The first-order valence-electron chi connectivity index (χ1n) is 11.3. The molecule has 0 saturated heterocycles. The maximum Gasteiger partial charge on any atom is 0.316 e. The van der Waals surface area contributed by atoms with Crippen molar-refractivity contribution in [3.63, 3.8) is 0 Å². The average Bonchev–Trinajstić information content (AvgIpc) is 3.43. The number of nitrogens with zero attached hydrogens (tertiary/aromatic N) is 3. The molecule has 4 rings (SSSR count). The summed E-state index contributed by atoms with van der Waals surface area (Å²) < 4.78 is 33.0. The number of ketones is 2. The van der Waals surface area contributed by atoms with Crippen LogP contribution in [0.4, 0.5) is 8.78 Å². The van der Waals surface area contributed by atoms with Crippen molar-refractivity contribution in [2.24, 2.45) is 0 Å². The molecule has 0 unspecified atom stereocenters. The van der Waals surface area contributed by atoms with Crippen LogP contribution in [0.2, 0.25) is 0 Å². The van der Waals surface area contributed by atoms with Gasteiger partial charge in [-0.05, 0) is 29.5 Å². The second-order valence-corrected chi connectivity index (χ2v) is 9.23. The summed E-state index contributed by atoms with van der Waals surface area (Å²) in [5, 5.41) is 13.1. The number of carbonyl (C=O) groups excluding carboxylic acids is 4. The van der Waals surface area contributed by atoms with E-state index in [9.17, 15) is 37.9 Å². The molecule has 198 valence electrons. The van der Waals surface area contributed by atoms with Crippen LogP contribution in [0.25, 0.3) is 0 Å². The number of fused-ring (bicyclic) bond motifs is 1. The monoisotopic (exact) mass is 545 g/mol. The van der Waals surface area contributed by atoms with Gasteiger partial charge in [0, 0.05) is 32.3 Å². The highest BCUT2D eigenvalue weighted by atomic mass is 32.1. The Hall–Kier alpha value is -4.23. The van der Waals surface area contributed by atoms with Gasteiger partial charge in [-0.15, -0.1) is 11.3 Å². The first kappa shape index (κ1) is 26.8. The molecule has 2 amide bonds. The zero-order valence-electron chi connectivity index (χ0n) is 20.0. The molecule has 0 bridgehead atoms. The zero-order valence-corrected chi connectivity index (χ0v) is 20.8. The minimum Gasteiger partial charge on any atom is -0.502 e. The summed E-state index contributed by atoms with van der Waals surface area (Å²) in [6, 6.07) is 5.87. The van der Waals surface area contributed by atoms with E-state index in [2.05, 4.69) is 0 Å². The number of hydrogen-bond donors (Lipinski definition) is 1. The molecule has 10 nitrogen and oxygen atoms in total. The van der Waals surface area contributed by atoms with Gasteiger partial charge in [-0.25, -0.2) is 18.5 Å². The van der Waals surface area contributed by atoms with E-state index in [1.165, 1.54) is 19.2 Å². The molecule has 13 heteroatoms. The summed E-state index contributed by atoms with van der Waals surface area (Å²) >= 11 is 1.03. The van der Waals surface area contributed by atoms with Crippen LogP contribution in [-0.4, -0.2) is 65.0 Å². The first-order valence-corrected chi connectivity index (χ1v) is 12.2. The number of methoxy groups -OCH3 is 1. The molecule has 1 aliphatic heterocycles. The summed E-state index contributed by atoms with van der Waals surface area (Å²) in [5.74, 6) is -6.36. The maximum atomic E-state index is 14.0. The quantitative estimate of drug-likeness (QED) is 0.322. The number of aromatic nitrogens is 1. The number of benzene rings is 1. The molecule has 0 aliphatic carbocycles. The van der Waals surface area contributed by atoms with Gasteiger partial charge in [0.1, 0.15) is 18.3 Å². The van der Waals surface area contributed by atoms with Gasteiger partial charge in [0.05, 0.1) is 17.0 Å². The fraction of sp³-hybridized carbons (Fsp3) is 0.240. The Morgan fingerprint density at radius 3 is 2.58 bits per heavy atom. The van der Waals surface area contributed by atoms with Crippen LogP contribution in [0.15, 0.2) is 46.7 Å². The van der Waals surface area contributed by atoms with Crippen molar-refractivity contribution in [2.75, 3.05) is 31.9 Å². The van der Waals surface area contributed by atoms with Crippen LogP contribution in [0, 0.1) is 11.6 Å². The number of aryl methyl sites for hydroxylation is 1. The Balaban J connectivity index is 1.73. The second-order valence-electron chi connectivity index (χ2n) is 8.29. The van der Waals surface area contributed by atoms with Gasteiger partial charge in [-0.1, -0.05) is 12.1 Å². The van der Waals surface area contributed by atoms with E-state index in [0.717, 1.165) is 38.2 Å². The van der Waals surface area contributed by atoms with Gasteiger partial charge in [-0.3, -0.25) is 24.0 Å². The highest BCUT2D eigenvalue weighted by Crippen LogP contribution is 2.23. The Morgan fingerprint density at radius 2 is 1.92 bits per heavy atom. The number of carbonyl (C=O) groups is 4. The van der Waals surface area contributed by atoms with Crippen LogP contribution in [0.3, 0.4) is 0 Å². The molecule has 0 atom stereocenters. The molecule has 0 fully saturated rings. The Morgan fingerprint density at radius 1 is 1.16 bits per heavy atom. The van der Waals surface area contributed by atoms with Crippen molar-refractivity contribution in [3.05, 3.63) is 85.5 Å². The minimum atomic E-state index is -1.17. The molecule has 0 saturated carbocycles. The van der Waals surface area contributed by atoms with Crippen molar-refractivity contribution in [3.8, 4) is 5.75 Å². The van der Waals surface area contributed by atoms with Gasteiger partial charge < -0.3 is 14.7 Å². The summed E-state index contributed by atoms with van der Waals surface area (Å²) in [6.07, 6.45) is 0.328. The van der Waals surface area contributed by atoms with Gasteiger partial charge in [-0.2, -0.15) is 0 Å². The number of aromatic hydroxyl groups is 1. The van der Waals surface area contributed by atoms with Crippen LogP contribution in [0.5, 0.6) is 5.75 Å². The Bertz CT molecular complexity index is 1490. The predicted molar refractivity (Wildman–Crippen MR) is 131 cm³/mol. The van der Waals surface area contributed by atoms with Crippen molar-refractivity contribution < 1.29 is 37.8 Å². The van der Waals surface area contributed by atoms with Crippen molar-refractivity contribution >= 4 is 34.7 Å². The van der Waals surface area contributed by atoms with E-state index in [0.29, 0.717) is 6.07 Å². The molecule has 1 aromatic carbocycles. The summed E-state index contributed by atoms with van der Waals surface area (Å²) in [4.78, 5) is 66.2. The first-order chi connectivity index (χ1) is 18.1. The van der Waals surface area contributed by atoms with Crippen molar-refractivity contribution in [1.82, 2.24) is 9.58 Å². The van der Waals surface area contributed by atoms with Crippen LogP contribution in [-0.2, 0) is 16.0 Å². The van der Waals surface area contributed by atoms with Gasteiger partial charge in [0.25, 0.3) is 11.7 Å². The number of amides is 2. The minimum absolute atomic E-state index is 0.0240. The standard InChI is InChI=1S/C25H21F2N3O7S/c1-37-9-8-28-13-30(25(36)22(33)19-3-2-10-38-19)29-12-16(21(32)23(34)20(29)24(28)35)18(31)7-5-14-4-6-15(26)11-17(14)27/h2-4,6,10-12,34H,5,7-9,13H2,1H3. The number of rotatable bonds is 9. The lowest BCUT2D eigenvalue weighted by Gasteiger charge is -2.37. The molecular formula is C25H21F2N3O7S. The number of ether oxygens (including phenoxy) is 1. The molecule has 1 N–H and O–H groups in total. The molecule has 3 heterocycles. The smallest absolute Gasteiger partial charge is 0.316 e. The average molecular weight is 546 g/mol. The zero-order chi connectivity index (χ0) is 27.6. The summed E-state index contributed by atoms with van der Waals surface area (Å²) in [7, 11) is 1.39. The normalized spacial score (nSPS) is 13.0. The van der Waals surface area contributed by atoms with Crippen molar-refractivity contribution in [1.29, 1.82) is 0 Å². The number of Topliss-reactive ketones (excluding diaryl/α,β-unsaturated/α-hetero) is 2. The summed E-state index contributed by atoms with van der Waals surface area (Å²) in [5.41, 5.74) is -2.32. The lowest BCUT2D eigenvalue weighted by molar-refractivity contribution is -0.116. The Labute approximate surface area is 218 Å². The maximum absolute atomic E-state index is 14.0. The van der Waals surface area contributed by atoms with Crippen molar-refractivity contribution in [2.45, 2.75) is 12.8 Å². The number of thiophene rings is 1. The molecule has 0 spiro atoms. The van der Waals surface area contributed by atoms with Crippen LogP contribution in [0.1, 0.15) is 42.5 Å². The molecular weight excluding hydrogens is 524 g/mol. The molecule has 1 aliphatic rings. The molecule has 2 aromatic heterocycles. The number of pyridine rings is 1. The van der Waals surface area contributed by atoms with Gasteiger partial charge in [0.15, 0.2) is 17.2 Å². The fourth-order valence-electron chi connectivity index (χ4n) is 3.89. The number of halogens is 2. The largest absolute Gasteiger partial charge is 0.502 e. The summed E-state index contributed by atoms with van der Waals surface area (Å²) in [6.45, 7) is -0.389. The highest BCUT2D eigenvalue weighted by molar-refractivity contribution is 7.13. The fourth-order valence-corrected chi connectivity index (χ4v) is 4.55. The molecule has 38 heavy (non-hydrogen) atoms. The highest BCUT2D eigenvalue weighted by Gasteiger charge is 2.38. The Kier molecular flexibility index (Phi) is 7.78. The van der Waals surface area contributed by atoms with Gasteiger partial charge in [0.2, 0.25) is 5.43 Å². The van der Waals surface area contributed by atoms with E-state index in [1.807, 2.05) is 0 Å². The second kappa shape index (κ2) is 11.0. The topological polar surface area (TPSA) is 126 Å². The van der Waals surface area contributed by atoms with Gasteiger partial charge >= 0.3 is 5.91 Å². The van der Waals surface area contributed by atoms with Crippen LogP contribution >= 0.6 is 11.3 Å².